The molecule has 0 N–H and O–H groups in total. The maximum atomic E-state index is 5.74. The molecule has 0 amide bonds. The number of benzene rings is 1. The van der Waals surface area contributed by atoms with Gasteiger partial charge in [0.2, 0.25) is 0 Å². The molecule has 1 aliphatic heterocycles. The molecule has 100 valence electrons. The Bertz CT molecular complexity index is 386. The van der Waals surface area contributed by atoms with Crippen molar-refractivity contribution in [1.82, 2.24) is 0 Å². The zero-order valence-corrected chi connectivity index (χ0v) is 11.3. The van der Waals surface area contributed by atoms with Gasteiger partial charge in [-0.15, -0.1) is 0 Å². The first-order chi connectivity index (χ1) is 8.59. The summed E-state index contributed by atoms with van der Waals surface area (Å²) < 4.78 is 16.8. The van der Waals surface area contributed by atoms with Gasteiger partial charge in [-0.3, -0.25) is 0 Å². The fourth-order valence-corrected chi connectivity index (χ4v) is 1.91. The van der Waals surface area contributed by atoms with Gasteiger partial charge >= 0.3 is 0 Å². The lowest BCUT2D eigenvalue weighted by Gasteiger charge is -2.22. The summed E-state index contributed by atoms with van der Waals surface area (Å²) in [5.74, 6) is 0.405. The molecule has 0 saturated carbocycles. The molecule has 1 aliphatic rings. The first-order valence-electron chi connectivity index (χ1n) is 6.27. The van der Waals surface area contributed by atoms with Gasteiger partial charge < -0.3 is 19.1 Å². The van der Waals surface area contributed by atoms with Gasteiger partial charge in [-0.2, -0.15) is 0 Å². The van der Waals surface area contributed by atoms with Crippen LogP contribution in [-0.2, 0) is 9.47 Å². The number of anilines is 1. The molecule has 18 heavy (non-hydrogen) atoms. The van der Waals surface area contributed by atoms with Crippen LogP contribution in [0.2, 0.25) is 0 Å². The monoisotopic (exact) mass is 251 g/mol. The molecule has 0 aromatic heterocycles. The van der Waals surface area contributed by atoms with Crippen LogP contribution in [0, 0.1) is 0 Å². The van der Waals surface area contributed by atoms with Crippen molar-refractivity contribution >= 4 is 5.69 Å². The molecule has 0 radical (unpaired) electrons. The van der Waals surface area contributed by atoms with E-state index in [1.54, 1.807) is 0 Å². The second-order valence-electron chi connectivity index (χ2n) is 4.82. The van der Waals surface area contributed by atoms with Crippen molar-refractivity contribution in [3.63, 3.8) is 0 Å². The van der Waals surface area contributed by atoms with Crippen molar-refractivity contribution in [3.8, 4) is 5.75 Å². The van der Waals surface area contributed by atoms with E-state index in [-0.39, 0.29) is 0 Å². The summed E-state index contributed by atoms with van der Waals surface area (Å²) in [6.07, 6.45) is 0.735. The minimum Gasteiger partial charge on any atom is -0.493 e. The van der Waals surface area contributed by atoms with E-state index in [0.717, 1.165) is 17.9 Å². The molecule has 4 heteroatoms. The maximum absolute atomic E-state index is 5.74. The number of hydrogen-bond acceptors (Lipinski definition) is 4. The Labute approximate surface area is 108 Å². The van der Waals surface area contributed by atoms with Gasteiger partial charge in [0, 0.05) is 32.3 Å². The molecule has 1 aromatic carbocycles. The summed E-state index contributed by atoms with van der Waals surface area (Å²) in [7, 11) is 4.03. The molecular formula is C14H21NO3. The van der Waals surface area contributed by atoms with E-state index in [2.05, 4.69) is 11.0 Å². The lowest BCUT2D eigenvalue weighted by molar-refractivity contribution is -0.150. The highest BCUT2D eigenvalue weighted by Gasteiger charge is 2.30. The van der Waals surface area contributed by atoms with E-state index < -0.39 is 5.79 Å². The van der Waals surface area contributed by atoms with Gasteiger partial charge in [0.1, 0.15) is 5.75 Å². The standard InChI is InChI=1S/C14H21NO3/c1-14(17-9-10-18-14)7-8-16-13-6-4-5-12(11-13)15(2)3/h4-6,11H,7-10H2,1-3H3. The number of rotatable bonds is 5. The average molecular weight is 251 g/mol. The largest absolute Gasteiger partial charge is 0.493 e. The molecule has 1 fully saturated rings. The highest BCUT2D eigenvalue weighted by Crippen LogP contribution is 2.24. The number of ether oxygens (including phenoxy) is 3. The van der Waals surface area contributed by atoms with Gasteiger partial charge in [-0.05, 0) is 19.1 Å². The normalized spacial score (nSPS) is 17.7. The Morgan fingerprint density at radius 3 is 2.67 bits per heavy atom. The maximum Gasteiger partial charge on any atom is 0.168 e. The van der Waals surface area contributed by atoms with E-state index in [4.69, 9.17) is 14.2 Å². The van der Waals surface area contributed by atoms with E-state index in [1.165, 1.54) is 0 Å². The smallest absolute Gasteiger partial charge is 0.168 e. The molecule has 0 atom stereocenters. The van der Waals surface area contributed by atoms with Crippen LogP contribution in [0.1, 0.15) is 13.3 Å². The third-order valence-corrected chi connectivity index (χ3v) is 3.06. The van der Waals surface area contributed by atoms with Crippen LogP contribution < -0.4 is 9.64 Å². The topological polar surface area (TPSA) is 30.9 Å². The van der Waals surface area contributed by atoms with E-state index in [9.17, 15) is 0 Å². The molecule has 0 unspecified atom stereocenters. The summed E-state index contributed by atoms with van der Waals surface area (Å²) in [6, 6.07) is 8.04. The third kappa shape index (κ3) is 3.37. The van der Waals surface area contributed by atoms with Crippen molar-refractivity contribution in [3.05, 3.63) is 24.3 Å². The summed E-state index contributed by atoms with van der Waals surface area (Å²) >= 11 is 0. The molecule has 1 aromatic rings. The van der Waals surface area contributed by atoms with Crippen molar-refractivity contribution in [2.45, 2.75) is 19.1 Å². The first kappa shape index (κ1) is 13.2. The Morgan fingerprint density at radius 1 is 1.28 bits per heavy atom. The summed E-state index contributed by atoms with van der Waals surface area (Å²) in [5.41, 5.74) is 1.13. The van der Waals surface area contributed by atoms with Crippen LogP contribution in [-0.4, -0.2) is 39.7 Å². The van der Waals surface area contributed by atoms with E-state index in [1.807, 2.05) is 39.2 Å². The highest BCUT2D eigenvalue weighted by atomic mass is 16.7. The van der Waals surface area contributed by atoms with Crippen molar-refractivity contribution in [1.29, 1.82) is 0 Å². The Balaban J connectivity index is 1.84. The van der Waals surface area contributed by atoms with E-state index >= 15 is 0 Å². The Morgan fingerprint density at radius 2 is 2.00 bits per heavy atom. The Hall–Kier alpha value is -1.26. The number of hydrogen-bond donors (Lipinski definition) is 0. The fourth-order valence-electron chi connectivity index (χ4n) is 1.91. The second kappa shape index (κ2) is 5.59. The minimum atomic E-state index is -0.473. The van der Waals surface area contributed by atoms with Gasteiger partial charge in [0.15, 0.2) is 5.79 Å². The quantitative estimate of drug-likeness (QED) is 0.803. The predicted octanol–water partition coefficient (Wildman–Crippen LogP) is 2.28. The van der Waals surface area contributed by atoms with Crippen molar-refractivity contribution < 1.29 is 14.2 Å². The first-order valence-corrected chi connectivity index (χ1v) is 6.27. The van der Waals surface area contributed by atoms with Crippen LogP contribution in [0.3, 0.4) is 0 Å². The zero-order valence-electron chi connectivity index (χ0n) is 11.3. The van der Waals surface area contributed by atoms with Gasteiger partial charge in [0.05, 0.1) is 19.8 Å². The predicted molar refractivity (Wildman–Crippen MR) is 71.2 cm³/mol. The zero-order chi connectivity index (χ0) is 13.0. The van der Waals surface area contributed by atoms with Gasteiger partial charge in [0.25, 0.3) is 0 Å². The molecule has 2 rings (SSSR count). The second-order valence-corrected chi connectivity index (χ2v) is 4.82. The van der Waals surface area contributed by atoms with Crippen LogP contribution in [0.5, 0.6) is 5.75 Å². The van der Waals surface area contributed by atoms with Crippen molar-refractivity contribution in [2.75, 3.05) is 38.8 Å². The van der Waals surface area contributed by atoms with Crippen LogP contribution in [0.4, 0.5) is 5.69 Å². The summed E-state index contributed by atoms with van der Waals surface area (Å²) in [5, 5.41) is 0. The SMILES string of the molecule is CN(C)c1cccc(OCCC2(C)OCCO2)c1. The molecule has 0 aliphatic carbocycles. The van der Waals surface area contributed by atoms with Gasteiger partial charge in [-0.25, -0.2) is 0 Å². The molecular weight excluding hydrogens is 230 g/mol. The van der Waals surface area contributed by atoms with Crippen LogP contribution in [0.25, 0.3) is 0 Å². The molecule has 1 saturated heterocycles. The van der Waals surface area contributed by atoms with Crippen LogP contribution in [0.15, 0.2) is 24.3 Å². The Kier molecular flexibility index (Phi) is 4.09. The number of nitrogens with zero attached hydrogens (tertiary/aromatic N) is 1. The molecule has 1 heterocycles. The fraction of sp³-hybridized carbons (Fsp3) is 0.571. The summed E-state index contributed by atoms with van der Waals surface area (Å²) in [4.78, 5) is 2.05. The van der Waals surface area contributed by atoms with Crippen LogP contribution >= 0.6 is 0 Å². The summed E-state index contributed by atoms with van der Waals surface area (Å²) in [6.45, 7) is 3.90. The highest BCUT2D eigenvalue weighted by molar-refractivity contribution is 5.49. The minimum absolute atomic E-state index is 0.473. The molecule has 4 nitrogen and oxygen atoms in total. The van der Waals surface area contributed by atoms with Crippen molar-refractivity contribution in [2.24, 2.45) is 0 Å². The lowest BCUT2D eigenvalue weighted by atomic mass is 10.2. The average Bonchev–Trinajstić information content (AvgIpc) is 2.77. The van der Waals surface area contributed by atoms with E-state index in [0.29, 0.717) is 19.8 Å². The molecule has 0 bridgehead atoms. The molecule has 0 spiro atoms. The lowest BCUT2D eigenvalue weighted by Crippen LogP contribution is -2.27. The van der Waals surface area contributed by atoms with Gasteiger partial charge in [-0.1, -0.05) is 6.07 Å². The third-order valence-electron chi connectivity index (χ3n) is 3.06.